The molecule has 1 nitrogen and oxygen atoms in total. The standard InChI is InChI=1S/C14H16ClNS2/c15-14-6-2-1-4-12(14)11-17-9-7-16-10-13-5-3-8-18-13/h1-6,8,16H,7,9-11H2. The lowest BCUT2D eigenvalue weighted by atomic mass is 10.2. The Morgan fingerprint density at radius 3 is 2.83 bits per heavy atom. The Balaban J connectivity index is 1.58. The Hall–Kier alpha value is -0.480. The topological polar surface area (TPSA) is 12.0 Å². The van der Waals surface area contributed by atoms with Crippen LogP contribution in [0, 0.1) is 0 Å². The number of thioether (sulfide) groups is 1. The third-order valence-corrected chi connectivity index (χ3v) is 4.77. The summed E-state index contributed by atoms with van der Waals surface area (Å²) in [6, 6.07) is 12.3. The van der Waals surface area contributed by atoms with Crippen molar-refractivity contribution < 1.29 is 0 Å². The molecule has 1 aromatic carbocycles. The van der Waals surface area contributed by atoms with Gasteiger partial charge in [-0.25, -0.2) is 0 Å². The zero-order chi connectivity index (χ0) is 12.6. The van der Waals surface area contributed by atoms with Gasteiger partial charge >= 0.3 is 0 Å². The summed E-state index contributed by atoms with van der Waals surface area (Å²) in [7, 11) is 0. The van der Waals surface area contributed by atoms with Crippen molar-refractivity contribution in [2.45, 2.75) is 12.3 Å². The van der Waals surface area contributed by atoms with Gasteiger partial charge in [0.15, 0.2) is 0 Å². The van der Waals surface area contributed by atoms with Gasteiger partial charge in [-0.1, -0.05) is 35.9 Å². The summed E-state index contributed by atoms with van der Waals surface area (Å²) in [5.41, 5.74) is 1.22. The van der Waals surface area contributed by atoms with Crippen LogP contribution in [0.3, 0.4) is 0 Å². The van der Waals surface area contributed by atoms with Gasteiger partial charge in [-0.15, -0.1) is 11.3 Å². The third kappa shape index (κ3) is 4.65. The third-order valence-electron chi connectivity index (χ3n) is 2.52. The molecule has 1 aromatic heterocycles. The van der Waals surface area contributed by atoms with E-state index >= 15 is 0 Å². The predicted molar refractivity (Wildman–Crippen MR) is 83.6 cm³/mol. The monoisotopic (exact) mass is 297 g/mol. The maximum absolute atomic E-state index is 6.10. The number of thiophene rings is 1. The van der Waals surface area contributed by atoms with Gasteiger partial charge in [0.05, 0.1) is 0 Å². The average molecular weight is 298 g/mol. The largest absolute Gasteiger partial charge is 0.311 e. The SMILES string of the molecule is Clc1ccccc1CSCCNCc1cccs1. The summed E-state index contributed by atoms with van der Waals surface area (Å²) in [4.78, 5) is 1.39. The average Bonchev–Trinajstić information content (AvgIpc) is 2.89. The molecule has 0 radical (unpaired) electrons. The highest BCUT2D eigenvalue weighted by Crippen LogP contribution is 2.20. The second-order valence-corrected chi connectivity index (χ2v) is 6.44. The van der Waals surface area contributed by atoms with Crippen LogP contribution in [0.25, 0.3) is 0 Å². The second kappa shape index (κ2) is 7.85. The summed E-state index contributed by atoms with van der Waals surface area (Å²) < 4.78 is 0. The molecule has 0 saturated heterocycles. The molecule has 4 heteroatoms. The molecule has 96 valence electrons. The van der Waals surface area contributed by atoms with E-state index in [0.29, 0.717) is 0 Å². The van der Waals surface area contributed by atoms with E-state index in [1.54, 1.807) is 11.3 Å². The minimum absolute atomic E-state index is 0.872. The fraction of sp³-hybridized carbons (Fsp3) is 0.286. The Labute approximate surface area is 122 Å². The van der Waals surface area contributed by atoms with Crippen molar-refractivity contribution in [3.05, 3.63) is 57.2 Å². The molecule has 0 atom stereocenters. The van der Waals surface area contributed by atoms with Gasteiger partial charge in [0.25, 0.3) is 0 Å². The van der Waals surface area contributed by atoms with Gasteiger partial charge < -0.3 is 5.32 Å². The zero-order valence-electron chi connectivity index (χ0n) is 10.1. The molecule has 1 N–H and O–H groups in total. The maximum Gasteiger partial charge on any atom is 0.0446 e. The molecule has 0 saturated carbocycles. The number of hydrogen-bond acceptors (Lipinski definition) is 3. The molecule has 18 heavy (non-hydrogen) atoms. The van der Waals surface area contributed by atoms with E-state index in [2.05, 4.69) is 28.9 Å². The highest BCUT2D eigenvalue weighted by atomic mass is 35.5. The van der Waals surface area contributed by atoms with Crippen molar-refractivity contribution in [3.63, 3.8) is 0 Å². The van der Waals surface area contributed by atoms with Crippen LogP contribution in [0.15, 0.2) is 41.8 Å². The van der Waals surface area contributed by atoms with Gasteiger partial charge in [0.2, 0.25) is 0 Å². The molecule has 0 aliphatic carbocycles. The van der Waals surface area contributed by atoms with E-state index in [9.17, 15) is 0 Å². The van der Waals surface area contributed by atoms with Crippen LogP contribution >= 0.6 is 34.7 Å². The Bertz CT molecular complexity index is 457. The van der Waals surface area contributed by atoms with Crippen molar-refractivity contribution in [1.29, 1.82) is 0 Å². The lowest BCUT2D eigenvalue weighted by Crippen LogP contribution is -2.15. The van der Waals surface area contributed by atoms with Gasteiger partial charge in [0.1, 0.15) is 0 Å². The van der Waals surface area contributed by atoms with Gasteiger partial charge in [-0.2, -0.15) is 11.8 Å². The van der Waals surface area contributed by atoms with E-state index in [-0.39, 0.29) is 0 Å². The molecule has 0 amide bonds. The molecule has 1 heterocycles. The molecular weight excluding hydrogens is 282 g/mol. The van der Waals surface area contributed by atoms with Gasteiger partial charge in [-0.05, 0) is 23.1 Å². The first kappa shape index (κ1) is 13.9. The van der Waals surface area contributed by atoms with Crippen LogP contribution in [0.1, 0.15) is 10.4 Å². The quantitative estimate of drug-likeness (QED) is 0.759. The van der Waals surface area contributed by atoms with Crippen LogP contribution < -0.4 is 5.32 Å². The van der Waals surface area contributed by atoms with Crippen LogP contribution in [0.2, 0.25) is 5.02 Å². The van der Waals surface area contributed by atoms with Crippen molar-refractivity contribution in [2.24, 2.45) is 0 Å². The molecule has 0 bridgehead atoms. The lowest BCUT2D eigenvalue weighted by molar-refractivity contribution is 0.741. The summed E-state index contributed by atoms with van der Waals surface area (Å²) in [5.74, 6) is 2.09. The van der Waals surface area contributed by atoms with E-state index in [1.165, 1.54) is 10.4 Å². The normalized spacial score (nSPS) is 10.7. The molecule has 0 spiro atoms. The second-order valence-electron chi connectivity index (χ2n) is 3.90. The van der Waals surface area contributed by atoms with Crippen molar-refractivity contribution >= 4 is 34.7 Å². The Morgan fingerprint density at radius 2 is 2.06 bits per heavy atom. The smallest absolute Gasteiger partial charge is 0.0446 e. The van der Waals surface area contributed by atoms with Crippen molar-refractivity contribution in [1.82, 2.24) is 5.32 Å². The van der Waals surface area contributed by atoms with Crippen molar-refractivity contribution in [3.8, 4) is 0 Å². The fourth-order valence-corrected chi connectivity index (χ4v) is 3.43. The Morgan fingerprint density at radius 1 is 1.17 bits per heavy atom. The highest BCUT2D eigenvalue weighted by molar-refractivity contribution is 7.98. The summed E-state index contributed by atoms with van der Waals surface area (Å²) >= 11 is 9.82. The van der Waals surface area contributed by atoms with Gasteiger partial charge in [-0.3, -0.25) is 0 Å². The van der Waals surface area contributed by atoms with E-state index in [0.717, 1.165) is 29.6 Å². The van der Waals surface area contributed by atoms with Gasteiger partial charge in [0, 0.05) is 34.5 Å². The number of halogens is 1. The predicted octanol–water partition coefficient (Wildman–Crippen LogP) is 4.42. The summed E-state index contributed by atoms with van der Waals surface area (Å²) in [6.45, 7) is 2.01. The van der Waals surface area contributed by atoms with Crippen LogP contribution in [-0.2, 0) is 12.3 Å². The lowest BCUT2D eigenvalue weighted by Gasteiger charge is -2.05. The first-order valence-electron chi connectivity index (χ1n) is 5.90. The molecule has 0 aliphatic rings. The number of rotatable bonds is 7. The summed E-state index contributed by atoms with van der Waals surface area (Å²) in [6.07, 6.45) is 0. The molecule has 2 aromatic rings. The molecule has 2 rings (SSSR count). The van der Waals surface area contributed by atoms with E-state index in [4.69, 9.17) is 11.6 Å². The first-order valence-corrected chi connectivity index (χ1v) is 8.32. The first-order chi connectivity index (χ1) is 8.86. The van der Waals surface area contributed by atoms with Crippen LogP contribution in [-0.4, -0.2) is 12.3 Å². The minimum Gasteiger partial charge on any atom is -0.311 e. The molecule has 0 unspecified atom stereocenters. The minimum atomic E-state index is 0.872. The Kier molecular flexibility index (Phi) is 6.08. The van der Waals surface area contributed by atoms with Crippen molar-refractivity contribution in [2.75, 3.05) is 12.3 Å². The number of nitrogens with one attached hydrogen (secondary N) is 1. The maximum atomic E-state index is 6.10. The molecule has 0 aliphatic heterocycles. The number of hydrogen-bond donors (Lipinski definition) is 1. The number of benzene rings is 1. The van der Waals surface area contributed by atoms with E-state index < -0.39 is 0 Å². The fourth-order valence-electron chi connectivity index (χ4n) is 1.57. The highest BCUT2D eigenvalue weighted by Gasteiger charge is 1.98. The zero-order valence-corrected chi connectivity index (χ0v) is 12.5. The van der Waals surface area contributed by atoms with Crippen LogP contribution in [0.5, 0.6) is 0 Å². The van der Waals surface area contributed by atoms with Crippen LogP contribution in [0.4, 0.5) is 0 Å². The molecule has 0 fully saturated rings. The van der Waals surface area contributed by atoms with E-state index in [1.807, 2.05) is 30.0 Å². The summed E-state index contributed by atoms with van der Waals surface area (Å²) in [5, 5.41) is 6.43. The molecular formula is C14H16ClNS2.